The zero-order valence-electron chi connectivity index (χ0n) is 9.96. The van der Waals surface area contributed by atoms with Gasteiger partial charge in [0.1, 0.15) is 0 Å². The standard InChI is InChI=1S/C14H21N/c1-14(2,3)13-8-10-6-4-5-7-11(10)12(13)9-15/h4-7,12-13H,8-9,15H2,1-3H3. The minimum absolute atomic E-state index is 0.350. The molecule has 0 saturated heterocycles. The van der Waals surface area contributed by atoms with Crippen LogP contribution >= 0.6 is 0 Å². The van der Waals surface area contributed by atoms with E-state index in [4.69, 9.17) is 5.73 Å². The van der Waals surface area contributed by atoms with Crippen molar-refractivity contribution in [2.45, 2.75) is 33.1 Å². The highest BCUT2D eigenvalue weighted by Crippen LogP contribution is 2.46. The van der Waals surface area contributed by atoms with Gasteiger partial charge in [-0.25, -0.2) is 0 Å². The van der Waals surface area contributed by atoms with E-state index in [2.05, 4.69) is 45.0 Å². The van der Waals surface area contributed by atoms with Gasteiger partial charge in [0.2, 0.25) is 0 Å². The van der Waals surface area contributed by atoms with Gasteiger partial charge < -0.3 is 5.73 Å². The zero-order chi connectivity index (χ0) is 11.1. The van der Waals surface area contributed by atoms with E-state index in [0.717, 1.165) is 6.54 Å². The molecule has 0 bridgehead atoms. The maximum atomic E-state index is 5.94. The van der Waals surface area contributed by atoms with Gasteiger partial charge in [-0.2, -0.15) is 0 Å². The highest BCUT2D eigenvalue weighted by molar-refractivity contribution is 5.37. The second-order valence-electron chi connectivity index (χ2n) is 5.72. The van der Waals surface area contributed by atoms with Crippen LogP contribution in [0.1, 0.15) is 37.8 Å². The summed E-state index contributed by atoms with van der Waals surface area (Å²) in [6, 6.07) is 8.77. The number of benzene rings is 1. The average Bonchev–Trinajstić information content (AvgIpc) is 2.55. The monoisotopic (exact) mass is 203 g/mol. The van der Waals surface area contributed by atoms with Crippen LogP contribution in [0.2, 0.25) is 0 Å². The first kappa shape index (κ1) is 10.7. The average molecular weight is 203 g/mol. The SMILES string of the molecule is CC(C)(C)C1Cc2ccccc2C1CN. The molecule has 2 rings (SSSR count). The van der Waals surface area contributed by atoms with Crippen molar-refractivity contribution in [3.63, 3.8) is 0 Å². The Labute approximate surface area is 92.7 Å². The molecule has 1 aliphatic rings. The number of fused-ring (bicyclic) bond motifs is 1. The minimum atomic E-state index is 0.350. The van der Waals surface area contributed by atoms with Crippen LogP contribution in [0.4, 0.5) is 0 Å². The Bertz CT molecular complexity index is 349. The van der Waals surface area contributed by atoms with E-state index in [9.17, 15) is 0 Å². The second kappa shape index (κ2) is 3.64. The van der Waals surface area contributed by atoms with Crippen molar-refractivity contribution in [3.05, 3.63) is 35.4 Å². The third-order valence-electron chi connectivity index (χ3n) is 3.75. The molecule has 1 aromatic carbocycles. The molecule has 1 nitrogen and oxygen atoms in total. The van der Waals surface area contributed by atoms with Crippen molar-refractivity contribution in [2.24, 2.45) is 17.1 Å². The molecule has 2 unspecified atom stereocenters. The topological polar surface area (TPSA) is 26.0 Å². The Morgan fingerprint density at radius 2 is 1.93 bits per heavy atom. The number of rotatable bonds is 1. The predicted octanol–water partition coefficient (Wildman–Crippen LogP) is 2.95. The number of hydrogen-bond donors (Lipinski definition) is 1. The molecule has 0 fully saturated rings. The third kappa shape index (κ3) is 1.81. The molecule has 1 heteroatoms. The third-order valence-corrected chi connectivity index (χ3v) is 3.75. The van der Waals surface area contributed by atoms with E-state index < -0.39 is 0 Å². The molecule has 1 aliphatic carbocycles. The molecule has 0 amide bonds. The molecule has 82 valence electrons. The summed E-state index contributed by atoms with van der Waals surface area (Å²) in [7, 11) is 0. The van der Waals surface area contributed by atoms with Crippen molar-refractivity contribution in [2.75, 3.05) is 6.54 Å². The van der Waals surface area contributed by atoms with Gasteiger partial charge in [-0.3, -0.25) is 0 Å². The van der Waals surface area contributed by atoms with Crippen molar-refractivity contribution in [3.8, 4) is 0 Å². The highest BCUT2D eigenvalue weighted by atomic mass is 14.6. The highest BCUT2D eigenvalue weighted by Gasteiger charge is 2.38. The summed E-state index contributed by atoms with van der Waals surface area (Å²) in [4.78, 5) is 0. The van der Waals surface area contributed by atoms with Gasteiger partial charge in [0.15, 0.2) is 0 Å². The Balaban J connectivity index is 2.37. The fourth-order valence-corrected chi connectivity index (χ4v) is 2.88. The lowest BCUT2D eigenvalue weighted by atomic mass is 9.74. The summed E-state index contributed by atoms with van der Waals surface area (Å²) in [6.07, 6.45) is 1.20. The van der Waals surface area contributed by atoms with Crippen LogP contribution in [0.15, 0.2) is 24.3 Å². The van der Waals surface area contributed by atoms with E-state index in [1.54, 1.807) is 0 Å². The van der Waals surface area contributed by atoms with Gasteiger partial charge in [0, 0.05) is 5.92 Å². The van der Waals surface area contributed by atoms with Gasteiger partial charge in [-0.05, 0) is 35.4 Å². The molecular formula is C14H21N. The smallest absolute Gasteiger partial charge is 0.0000345 e. The molecule has 0 radical (unpaired) electrons. The number of nitrogens with two attached hydrogens (primary N) is 1. The largest absolute Gasteiger partial charge is 0.330 e. The first-order valence-corrected chi connectivity index (χ1v) is 5.82. The summed E-state index contributed by atoms with van der Waals surface area (Å²) in [6.45, 7) is 7.75. The fourth-order valence-electron chi connectivity index (χ4n) is 2.88. The minimum Gasteiger partial charge on any atom is -0.330 e. The van der Waals surface area contributed by atoms with Gasteiger partial charge in [-0.15, -0.1) is 0 Å². The van der Waals surface area contributed by atoms with Crippen molar-refractivity contribution in [1.29, 1.82) is 0 Å². The molecule has 0 aromatic heterocycles. The summed E-state index contributed by atoms with van der Waals surface area (Å²) in [5.74, 6) is 1.25. The summed E-state index contributed by atoms with van der Waals surface area (Å²) in [5.41, 5.74) is 9.28. The summed E-state index contributed by atoms with van der Waals surface area (Å²) >= 11 is 0. The molecule has 2 N–H and O–H groups in total. The molecule has 0 spiro atoms. The summed E-state index contributed by atoms with van der Waals surface area (Å²) < 4.78 is 0. The fraction of sp³-hybridized carbons (Fsp3) is 0.571. The van der Waals surface area contributed by atoms with Gasteiger partial charge in [0.25, 0.3) is 0 Å². The van der Waals surface area contributed by atoms with Crippen LogP contribution in [0, 0.1) is 11.3 Å². The van der Waals surface area contributed by atoms with Crippen molar-refractivity contribution < 1.29 is 0 Å². The Hall–Kier alpha value is -0.820. The van der Waals surface area contributed by atoms with Gasteiger partial charge >= 0.3 is 0 Å². The molecule has 2 atom stereocenters. The van der Waals surface area contributed by atoms with E-state index in [1.807, 2.05) is 0 Å². The van der Waals surface area contributed by atoms with E-state index >= 15 is 0 Å². The maximum Gasteiger partial charge on any atom is 0.0000345 e. The molecule has 0 saturated carbocycles. The maximum absolute atomic E-state index is 5.94. The van der Waals surface area contributed by atoms with Crippen LogP contribution in [0.3, 0.4) is 0 Å². The van der Waals surface area contributed by atoms with E-state index in [1.165, 1.54) is 17.5 Å². The van der Waals surface area contributed by atoms with Gasteiger partial charge in [-0.1, -0.05) is 45.0 Å². The first-order chi connectivity index (χ1) is 7.04. The Kier molecular flexibility index (Phi) is 2.59. The van der Waals surface area contributed by atoms with Gasteiger partial charge in [0.05, 0.1) is 0 Å². The molecule has 1 aromatic rings. The van der Waals surface area contributed by atoms with Crippen molar-refractivity contribution in [1.82, 2.24) is 0 Å². The van der Waals surface area contributed by atoms with E-state index in [0.29, 0.717) is 17.3 Å². The lowest BCUT2D eigenvalue weighted by Crippen LogP contribution is -2.28. The quantitative estimate of drug-likeness (QED) is 0.746. The molecule has 0 heterocycles. The molecule has 0 aliphatic heterocycles. The van der Waals surface area contributed by atoms with Crippen LogP contribution in [-0.4, -0.2) is 6.54 Å². The van der Waals surface area contributed by atoms with Crippen molar-refractivity contribution >= 4 is 0 Å². The molecule has 15 heavy (non-hydrogen) atoms. The zero-order valence-corrected chi connectivity index (χ0v) is 9.96. The van der Waals surface area contributed by atoms with Crippen LogP contribution in [0.5, 0.6) is 0 Å². The van der Waals surface area contributed by atoms with Crippen LogP contribution in [-0.2, 0) is 6.42 Å². The lowest BCUT2D eigenvalue weighted by molar-refractivity contribution is 0.217. The molecular weight excluding hydrogens is 182 g/mol. The lowest BCUT2D eigenvalue weighted by Gasteiger charge is -2.32. The predicted molar refractivity (Wildman–Crippen MR) is 64.9 cm³/mol. The number of hydrogen-bond acceptors (Lipinski definition) is 1. The second-order valence-corrected chi connectivity index (χ2v) is 5.72. The summed E-state index contributed by atoms with van der Waals surface area (Å²) in [5, 5.41) is 0. The Morgan fingerprint density at radius 3 is 2.53 bits per heavy atom. The van der Waals surface area contributed by atoms with Crippen LogP contribution < -0.4 is 5.73 Å². The first-order valence-electron chi connectivity index (χ1n) is 5.82. The Morgan fingerprint density at radius 1 is 1.27 bits per heavy atom. The normalized spacial score (nSPS) is 25.3. The van der Waals surface area contributed by atoms with Crippen LogP contribution in [0.25, 0.3) is 0 Å². The van der Waals surface area contributed by atoms with E-state index in [-0.39, 0.29) is 0 Å².